The van der Waals surface area contributed by atoms with Crippen LogP contribution in [0.3, 0.4) is 0 Å². The Hall–Kier alpha value is -1.38. The zero-order valence-electron chi connectivity index (χ0n) is 13.4. The van der Waals surface area contributed by atoms with Crippen molar-refractivity contribution in [1.29, 1.82) is 0 Å². The summed E-state index contributed by atoms with van der Waals surface area (Å²) in [5, 5.41) is 3.08. The van der Waals surface area contributed by atoms with E-state index in [1.165, 1.54) is 12.5 Å². The molecule has 3 heteroatoms. The summed E-state index contributed by atoms with van der Waals surface area (Å²) < 4.78 is 13.9. The SMILES string of the molecule is Cc1ccc(C(=O)NC2CC(C)CCC2C(C)C)c(F)c1. The van der Waals surface area contributed by atoms with Crippen molar-refractivity contribution in [2.75, 3.05) is 0 Å². The Bertz CT molecular complexity index is 512. The maximum absolute atomic E-state index is 13.9. The molecule has 1 aromatic carbocycles. The number of hydrogen-bond donors (Lipinski definition) is 1. The molecule has 0 aromatic heterocycles. The first kappa shape index (κ1) is 16.0. The zero-order chi connectivity index (χ0) is 15.6. The molecule has 1 aliphatic carbocycles. The number of rotatable bonds is 3. The van der Waals surface area contributed by atoms with Gasteiger partial charge in [-0.1, -0.05) is 33.3 Å². The number of halogens is 1. The Labute approximate surface area is 127 Å². The highest BCUT2D eigenvalue weighted by molar-refractivity contribution is 5.94. The molecular formula is C18H26FNO. The lowest BCUT2D eigenvalue weighted by Gasteiger charge is -2.37. The lowest BCUT2D eigenvalue weighted by molar-refractivity contribution is 0.0864. The van der Waals surface area contributed by atoms with Crippen LogP contribution in [-0.2, 0) is 0 Å². The monoisotopic (exact) mass is 291 g/mol. The van der Waals surface area contributed by atoms with E-state index in [1.54, 1.807) is 12.1 Å². The molecule has 1 aliphatic rings. The third-order valence-corrected chi connectivity index (χ3v) is 4.71. The highest BCUT2D eigenvalue weighted by Gasteiger charge is 2.32. The number of benzene rings is 1. The van der Waals surface area contributed by atoms with Crippen LogP contribution in [0.4, 0.5) is 4.39 Å². The van der Waals surface area contributed by atoms with E-state index in [0.29, 0.717) is 17.8 Å². The van der Waals surface area contributed by atoms with Crippen LogP contribution in [0.1, 0.15) is 56.0 Å². The Balaban J connectivity index is 2.12. The predicted molar refractivity (Wildman–Crippen MR) is 83.7 cm³/mol. The molecule has 21 heavy (non-hydrogen) atoms. The molecule has 0 heterocycles. The minimum atomic E-state index is -0.433. The maximum atomic E-state index is 13.9. The maximum Gasteiger partial charge on any atom is 0.254 e. The van der Waals surface area contributed by atoms with Gasteiger partial charge < -0.3 is 5.32 Å². The van der Waals surface area contributed by atoms with E-state index in [0.717, 1.165) is 18.4 Å². The molecule has 1 fully saturated rings. The normalized spacial score (nSPS) is 25.9. The Morgan fingerprint density at radius 1 is 1.33 bits per heavy atom. The molecule has 1 N–H and O–H groups in total. The van der Waals surface area contributed by atoms with Gasteiger partial charge in [0.05, 0.1) is 5.56 Å². The molecule has 116 valence electrons. The molecule has 0 bridgehead atoms. The quantitative estimate of drug-likeness (QED) is 0.882. The first-order chi connectivity index (χ1) is 9.88. The van der Waals surface area contributed by atoms with Gasteiger partial charge in [0.1, 0.15) is 5.82 Å². The summed E-state index contributed by atoms with van der Waals surface area (Å²) in [5.74, 6) is 0.923. The van der Waals surface area contributed by atoms with Crippen molar-refractivity contribution >= 4 is 5.91 Å². The molecule has 3 atom stereocenters. The van der Waals surface area contributed by atoms with E-state index in [9.17, 15) is 9.18 Å². The van der Waals surface area contributed by atoms with Crippen LogP contribution in [-0.4, -0.2) is 11.9 Å². The second-order valence-corrected chi connectivity index (χ2v) is 6.89. The van der Waals surface area contributed by atoms with Gasteiger partial charge in [-0.2, -0.15) is 0 Å². The van der Waals surface area contributed by atoms with Crippen molar-refractivity contribution in [2.45, 2.75) is 53.0 Å². The van der Waals surface area contributed by atoms with Crippen LogP contribution in [0.15, 0.2) is 18.2 Å². The summed E-state index contributed by atoms with van der Waals surface area (Å²) in [6.45, 7) is 8.45. The van der Waals surface area contributed by atoms with Gasteiger partial charge in [-0.05, 0) is 55.2 Å². The van der Waals surface area contributed by atoms with Crippen molar-refractivity contribution in [2.24, 2.45) is 17.8 Å². The molecule has 0 radical (unpaired) electrons. The van der Waals surface area contributed by atoms with Gasteiger partial charge in [0.15, 0.2) is 0 Å². The minimum absolute atomic E-state index is 0.154. The van der Waals surface area contributed by atoms with Crippen LogP contribution >= 0.6 is 0 Å². The van der Waals surface area contributed by atoms with Crippen LogP contribution in [0.5, 0.6) is 0 Å². The third kappa shape index (κ3) is 3.84. The molecular weight excluding hydrogens is 265 g/mol. The molecule has 0 saturated heterocycles. The van der Waals surface area contributed by atoms with Gasteiger partial charge in [0.2, 0.25) is 0 Å². The van der Waals surface area contributed by atoms with Crippen molar-refractivity contribution in [3.8, 4) is 0 Å². The van der Waals surface area contributed by atoms with E-state index in [4.69, 9.17) is 0 Å². The second kappa shape index (κ2) is 6.59. The number of amides is 1. The lowest BCUT2D eigenvalue weighted by atomic mass is 9.74. The smallest absolute Gasteiger partial charge is 0.254 e. The highest BCUT2D eigenvalue weighted by atomic mass is 19.1. The van der Waals surface area contributed by atoms with Crippen molar-refractivity contribution < 1.29 is 9.18 Å². The van der Waals surface area contributed by atoms with Crippen LogP contribution in [0, 0.1) is 30.5 Å². The highest BCUT2D eigenvalue weighted by Crippen LogP contribution is 2.33. The van der Waals surface area contributed by atoms with E-state index in [-0.39, 0.29) is 17.5 Å². The Morgan fingerprint density at radius 3 is 2.67 bits per heavy atom. The summed E-state index contributed by atoms with van der Waals surface area (Å²) in [6.07, 6.45) is 3.34. The fourth-order valence-electron chi connectivity index (χ4n) is 3.42. The molecule has 2 nitrogen and oxygen atoms in total. The fraction of sp³-hybridized carbons (Fsp3) is 0.611. The van der Waals surface area contributed by atoms with Gasteiger partial charge in [-0.25, -0.2) is 4.39 Å². The van der Waals surface area contributed by atoms with E-state index in [1.807, 2.05) is 6.92 Å². The van der Waals surface area contributed by atoms with E-state index < -0.39 is 5.82 Å². The molecule has 1 saturated carbocycles. The largest absolute Gasteiger partial charge is 0.349 e. The van der Waals surface area contributed by atoms with Gasteiger partial charge >= 0.3 is 0 Å². The Morgan fingerprint density at radius 2 is 2.05 bits per heavy atom. The van der Waals surface area contributed by atoms with Crippen molar-refractivity contribution in [1.82, 2.24) is 5.32 Å². The van der Waals surface area contributed by atoms with Crippen LogP contribution in [0.25, 0.3) is 0 Å². The van der Waals surface area contributed by atoms with Crippen molar-refractivity contribution in [3.05, 3.63) is 35.1 Å². The summed E-state index contributed by atoms with van der Waals surface area (Å²) in [7, 11) is 0. The second-order valence-electron chi connectivity index (χ2n) is 6.89. The summed E-state index contributed by atoms with van der Waals surface area (Å²) in [4.78, 5) is 12.4. The van der Waals surface area contributed by atoms with Gasteiger partial charge in [0.25, 0.3) is 5.91 Å². The molecule has 3 unspecified atom stereocenters. The molecule has 1 aromatic rings. The molecule has 1 amide bonds. The number of carbonyl (C=O) groups is 1. The average molecular weight is 291 g/mol. The number of aryl methyl sites for hydroxylation is 1. The molecule has 0 aliphatic heterocycles. The van der Waals surface area contributed by atoms with Gasteiger partial charge in [-0.15, -0.1) is 0 Å². The predicted octanol–water partition coefficient (Wildman–Crippen LogP) is 4.32. The zero-order valence-corrected chi connectivity index (χ0v) is 13.4. The number of carbonyl (C=O) groups excluding carboxylic acids is 1. The summed E-state index contributed by atoms with van der Waals surface area (Å²) in [6, 6.07) is 4.93. The van der Waals surface area contributed by atoms with Crippen LogP contribution < -0.4 is 5.32 Å². The first-order valence-electron chi connectivity index (χ1n) is 7.95. The molecule has 2 rings (SSSR count). The topological polar surface area (TPSA) is 29.1 Å². The number of hydrogen-bond acceptors (Lipinski definition) is 1. The van der Waals surface area contributed by atoms with Crippen molar-refractivity contribution in [3.63, 3.8) is 0 Å². The Kier molecular flexibility index (Phi) is 5.02. The van der Waals surface area contributed by atoms with Gasteiger partial charge in [-0.3, -0.25) is 4.79 Å². The standard InChI is InChI=1S/C18H26FNO/c1-11(2)14-7-5-13(4)10-17(14)20-18(21)15-8-6-12(3)9-16(15)19/h6,8-9,11,13-14,17H,5,7,10H2,1-4H3,(H,20,21). The average Bonchev–Trinajstić information content (AvgIpc) is 2.37. The number of nitrogens with one attached hydrogen (secondary N) is 1. The van der Waals surface area contributed by atoms with Gasteiger partial charge in [0, 0.05) is 6.04 Å². The minimum Gasteiger partial charge on any atom is -0.349 e. The lowest BCUT2D eigenvalue weighted by Crippen LogP contribution is -2.45. The fourth-order valence-corrected chi connectivity index (χ4v) is 3.42. The van der Waals surface area contributed by atoms with E-state index in [2.05, 4.69) is 26.1 Å². The van der Waals surface area contributed by atoms with Crippen LogP contribution in [0.2, 0.25) is 0 Å². The third-order valence-electron chi connectivity index (χ3n) is 4.71. The first-order valence-corrected chi connectivity index (χ1v) is 7.95. The summed E-state index contributed by atoms with van der Waals surface area (Å²) >= 11 is 0. The summed E-state index contributed by atoms with van der Waals surface area (Å²) in [5.41, 5.74) is 0.983. The van der Waals surface area contributed by atoms with E-state index >= 15 is 0 Å². The molecule has 0 spiro atoms.